The van der Waals surface area contributed by atoms with Crippen LogP contribution in [-0.2, 0) is 20.9 Å². The lowest BCUT2D eigenvalue weighted by molar-refractivity contribution is -0.139. The monoisotopic (exact) mass is 462 g/mol. The van der Waals surface area contributed by atoms with Crippen LogP contribution in [0, 0.1) is 5.82 Å². The van der Waals surface area contributed by atoms with E-state index < -0.39 is 36.2 Å². The van der Waals surface area contributed by atoms with E-state index in [0.29, 0.717) is 5.56 Å². The first-order chi connectivity index (χ1) is 16.4. The molecule has 0 aliphatic heterocycles. The number of carboxylic acid groups (broad SMARTS) is 1. The van der Waals surface area contributed by atoms with E-state index in [0.717, 1.165) is 22.3 Å². The lowest BCUT2D eigenvalue weighted by Crippen LogP contribution is -2.48. The summed E-state index contributed by atoms with van der Waals surface area (Å²) in [6.07, 6.45) is -1.50. The second-order valence-electron chi connectivity index (χ2n) is 7.96. The summed E-state index contributed by atoms with van der Waals surface area (Å²) in [7, 11) is 0. The average molecular weight is 462 g/mol. The van der Waals surface area contributed by atoms with Crippen LogP contribution in [-0.4, -0.2) is 35.7 Å². The van der Waals surface area contributed by atoms with Crippen molar-refractivity contribution in [2.45, 2.75) is 24.9 Å². The van der Waals surface area contributed by atoms with Gasteiger partial charge in [0.25, 0.3) is 0 Å². The zero-order valence-electron chi connectivity index (χ0n) is 18.2. The number of hydrogen-bond donors (Lipinski definition) is 3. The summed E-state index contributed by atoms with van der Waals surface area (Å²) in [6.45, 7) is 0.0957. The number of carbonyl (C=O) groups is 3. The Labute approximate surface area is 195 Å². The summed E-state index contributed by atoms with van der Waals surface area (Å²) in [4.78, 5) is 36.2. The summed E-state index contributed by atoms with van der Waals surface area (Å²) in [6, 6.07) is 19.9. The molecule has 1 aliphatic carbocycles. The van der Waals surface area contributed by atoms with E-state index in [1.165, 1.54) is 24.3 Å². The molecular formula is C26H23FN2O5. The molecule has 1 atom stereocenters. The van der Waals surface area contributed by atoms with Gasteiger partial charge in [-0.05, 0) is 39.9 Å². The molecule has 7 nitrogen and oxygen atoms in total. The third kappa shape index (κ3) is 5.23. The molecule has 2 amide bonds. The Bertz CT molecular complexity index is 1170. The highest BCUT2D eigenvalue weighted by molar-refractivity contribution is 5.89. The molecule has 0 fully saturated rings. The zero-order chi connectivity index (χ0) is 24.1. The van der Waals surface area contributed by atoms with Crippen molar-refractivity contribution in [2.24, 2.45) is 0 Å². The first-order valence-electron chi connectivity index (χ1n) is 10.8. The Morgan fingerprint density at radius 2 is 1.50 bits per heavy atom. The number of hydrogen-bond acceptors (Lipinski definition) is 4. The number of fused-ring (bicyclic) bond motifs is 3. The van der Waals surface area contributed by atoms with Gasteiger partial charge >= 0.3 is 12.1 Å². The normalized spacial score (nSPS) is 12.9. The van der Waals surface area contributed by atoms with Crippen molar-refractivity contribution in [1.82, 2.24) is 10.6 Å². The molecule has 34 heavy (non-hydrogen) atoms. The van der Waals surface area contributed by atoms with E-state index in [2.05, 4.69) is 10.6 Å². The summed E-state index contributed by atoms with van der Waals surface area (Å²) in [5.41, 5.74) is 4.86. The van der Waals surface area contributed by atoms with Crippen LogP contribution in [0.15, 0.2) is 72.8 Å². The fraction of sp³-hybridized carbons (Fsp3) is 0.192. The first kappa shape index (κ1) is 23.0. The topological polar surface area (TPSA) is 105 Å². The summed E-state index contributed by atoms with van der Waals surface area (Å²) in [5, 5.41) is 14.1. The highest BCUT2D eigenvalue weighted by Crippen LogP contribution is 2.44. The van der Waals surface area contributed by atoms with Crippen molar-refractivity contribution >= 4 is 18.0 Å². The summed E-state index contributed by atoms with van der Waals surface area (Å²) < 4.78 is 18.4. The number of halogens is 1. The zero-order valence-corrected chi connectivity index (χ0v) is 18.2. The Morgan fingerprint density at radius 1 is 0.912 bits per heavy atom. The Morgan fingerprint density at radius 3 is 2.09 bits per heavy atom. The van der Waals surface area contributed by atoms with Crippen LogP contribution in [0.25, 0.3) is 11.1 Å². The van der Waals surface area contributed by atoms with Crippen molar-refractivity contribution < 1.29 is 28.6 Å². The van der Waals surface area contributed by atoms with Crippen LogP contribution < -0.4 is 10.6 Å². The Balaban J connectivity index is 1.38. The number of nitrogens with one attached hydrogen (secondary N) is 2. The lowest BCUT2D eigenvalue weighted by Gasteiger charge is -2.18. The maximum atomic E-state index is 13.0. The number of carbonyl (C=O) groups excluding carboxylic acids is 2. The number of carboxylic acids is 1. The van der Waals surface area contributed by atoms with E-state index in [1.54, 1.807) is 0 Å². The predicted molar refractivity (Wildman–Crippen MR) is 122 cm³/mol. The standard InChI is InChI=1S/C26H23FN2O5/c27-17-11-9-16(10-12-17)14-28-25(32)23(13-24(30)31)29-26(33)34-15-22-20-7-3-1-5-18(20)19-6-2-4-8-21(19)22/h1-12,22-23H,13-15H2,(H,28,32)(H,29,33)(H,30,31). The molecule has 0 bridgehead atoms. The second kappa shape index (κ2) is 10.2. The van der Waals surface area contributed by atoms with Crippen LogP contribution >= 0.6 is 0 Å². The molecule has 3 aromatic carbocycles. The van der Waals surface area contributed by atoms with Crippen LogP contribution in [0.5, 0.6) is 0 Å². The van der Waals surface area contributed by atoms with Crippen molar-refractivity contribution in [2.75, 3.05) is 6.61 Å². The van der Waals surface area contributed by atoms with Gasteiger partial charge in [0.05, 0.1) is 6.42 Å². The van der Waals surface area contributed by atoms with Crippen LogP contribution in [0.3, 0.4) is 0 Å². The molecule has 0 spiro atoms. The van der Waals surface area contributed by atoms with E-state index in [-0.39, 0.29) is 19.1 Å². The van der Waals surface area contributed by atoms with E-state index in [4.69, 9.17) is 9.84 Å². The van der Waals surface area contributed by atoms with Gasteiger partial charge in [-0.3, -0.25) is 9.59 Å². The summed E-state index contributed by atoms with van der Waals surface area (Å²) in [5.74, 6) is -2.50. The largest absolute Gasteiger partial charge is 0.481 e. The molecule has 0 aromatic heterocycles. The highest BCUT2D eigenvalue weighted by Gasteiger charge is 2.30. The average Bonchev–Trinajstić information content (AvgIpc) is 3.15. The fourth-order valence-electron chi connectivity index (χ4n) is 4.08. The molecule has 174 valence electrons. The lowest BCUT2D eigenvalue weighted by atomic mass is 9.98. The van der Waals surface area contributed by atoms with Gasteiger partial charge in [-0.1, -0.05) is 60.7 Å². The molecule has 3 aromatic rings. The van der Waals surface area contributed by atoms with Crippen molar-refractivity contribution in [1.29, 1.82) is 0 Å². The second-order valence-corrected chi connectivity index (χ2v) is 7.96. The molecule has 3 N–H and O–H groups in total. The Hall–Kier alpha value is -4.20. The van der Waals surface area contributed by atoms with Gasteiger partial charge in [-0.2, -0.15) is 0 Å². The highest BCUT2D eigenvalue weighted by atomic mass is 19.1. The fourth-order valence-corrected chi connectivity index (χ4v) is 4.08. The van der Waals surface area contributed by atoms with Crippen molar-refractivity contribution in [3.05, 3.63) is 95.3 Å². The van der Waals surface area contributed by atoms with Crippen molar-refractivity contribution in [3.63, 3.8) is 0 Å². The molecule has 1 aliphatic rings. The molecule has 8 heteroatoms. The predicted octanol–water partition coefficient (Wildman–Crippen LogP) is 3.82. The van der Waals surface area contributed by atoms with Gasteiger partial charge < -0.3 is 20.5 Å². The third-order valence-electron chi connectivity index (χ3n) is 5.71. The summed E-state index contributed by atoms with van der Waals surface area (Å²) >= 11 is 0. The van der Waals surface area contributed by atoms with Gasteiger partial charge in [-0.25, -0.2) is 9.18 Å². The number of ether oxygens (including phenoxy) is 1. The molecule has 1 unspecified atom stereocenters. The minimum Gasteiger partial charge on any atom is -0.481 e. The van der Waals surface area contributed by atoms with Gasteiger partial charge in [0.2, 0.25) is 5.91 Å². The van der Waals surface area contributed by atoms with Crippen molar-refractivity contribution in [3.8, 4) is 11.1 Å². The van der Waals surface area contributed by atoms with Crippen LogP contribution in [0.4, 0.5) is 9.18 Å². The van der Waals surface area contributed by atoms with Gasteiger partial charge in [0, 0.05) is 12.5 Å². The van der Waals surface area contributed by atoms with E-state index in [9.17, 15) is 18.8 Å². The third-order valence-corrected chi connectivity index (χ3v) is 5.71. The van der Waals surface area contributed by atoms with Crippen LogP contribution in [0.2, 0.25) is 0 Å². The molecule has 0 heterocycles. The molecule has 0 saturated carbocycles. The molecular weight excluding hydrogens is 439 g/mol. The van der Waals surface area contributed by atoms with E-state index >= 15 is 0 Å². The van der Waals surface area contributed by atoms with E-state index in [1.807, 2.05) is 48.5 Å². The number of rotatable bonds is 8. The van der Waals surface area contributed by atoms with Crippen LogP contribution in [0.1, 0.15) is 29.0 Å². The maximum absolute atomic E-state index is 13.0. The number of amides is 2. The number of alkyl carbamates (subject to hydrolysis) is 1. The molecule has 0 saturated heterocycles. The number of aliphatic carboxylic acids is 1. The quantitative estimate of drug-likeness (QED) is 0.472. The molecule has 0 radical (unpaired) electrons. The SMILES string of the molecule is O=C(O)CC(NC(=O)OCC1c2ccccc2-c2ccccc21)C(=O)NCc1ccc(F)cc1. The minimum absolute atomic E-state index is 0.0385. The number of benzene rings is 3. The smallest absolute Gasteiger partial charge is 0.407 e. The Kier molecular flexibility index (Phi) is 6.87. The first-order valence-corrected chi connectivity index (χ1v) is 10.8. The van der Waals surface area contributed by atoms with Gasteiger partial charge in [0.1, 0.15) is 18.5 Å². The minimum atomic E-state index is -1.33. The van der Waals surface area contributed by atoms with Gasteiger partial charge in [-0.15, -0.1) is 0 Å². The maximum Gasteiger partial charge on any atom is 0.407 e. The van der Waals surface area contributed by atoms with Gasteiger partial charge in [0.15, 0.2) is 0 Å². The molecule has 4 rings (SSSR count).